The van der Waals surface area contributed by atoms with E-state index in [4.69, 9.17) is 0 Å². The van der Waals surface area contributed by atoms with E-state index in [0.29, 0.717) is 17.1 Å². The summed E-state index contributed by atoms with van der Waals surface area (Å²) in [7, 11) is 1.97. The maximum absolute atomic E-state index is 11.5. The number of carbonyl (C=O) groups is 1. The Morgan fingerprint density at radius 2 is 2.21 bits per heavy atom. The molecule has 0 N–H and O–H groups in total. The Hall–Kier alpha value is -0.180. The second-order valence-corrected chi connectivity index (χ2v) is 5.63. The Balaban J connectivity index is 2.14. The number of nitrogens with zero attached hydrogens (tertiary/aromatic N) is 1. The van der Waals surface area contributed by atoms with Crippen molar-refractivity contribution in [2.24, 2.45) is 5.92 Å². The standard InChI is InChI=1S/C11H19NOS/c1-8-7-11(5-3-9(8)14)6-4-10(13)12(11)2/h8-9,14H,3-7H2,1-2H3. The first-order valence-corrected chi connectivity index (χ1v) is 6.01. The van der Waals surface area contributed by atoms with Crippen molar-refractivity contribution in [3.8, 4) is 0 Å². The summed E-state index contributed by atoms with van der Waals surface area (Å²) in [6.45, 7) is 2.26. The fraction of sp³-hybridized carbons (Fsp3) is 0.909. The molecule has 1 saturated heterocycles. The van der Waals surface area contributed by atoms with E-state index in [1.54, 1.807) is 0 Å². The van der Waals surface area contributed by atoms with E-state index >= 15 is 0 Å². The number of rotatable bonds is 0. The molecule has 3 heteroatoms. The average molecular weight is 213 g/mol. The summed E-state index contributed by atoms with van der Waals surface area (Å²) in [6, 6.07) is 0. The lowest BCUT2D eigenvalue weighted by atomic mass is 9.75. The summed E-state index contributed by atoms with van der Waals surface area (Å²) in [6.07, 6.45) is 5.26. The molecule has 0 aromatic rings. The molecule has 2 aliphatic rings. The molecule has 0 aromatic carbocycles. The van der Waals surface area contributed by atoms with Gasteiger partial charge in [-0.3, -0.25) is 4.79 Å². The molecule has 1 amide bonds. The Morgan fingerprint density at radius 1 is 1.50 bits per heavy atom. The van der Waals surface area contributed by atoms with E-state index in [-0.39, 0.29) is 5.54 Å². The van der Waals surface area contributed by atoms with Gasteiger partial charge in [0.1, 0.15) is 0 Å². The number of carbonyl (C=O) groups excluding carboxylic acids is 1. The van der Waals surface area contributed by atoms with Gasteiger partial charge >= 0.3 is 0 Å². The van der Waals surface area contributed by atoms with Crippen molar-refractivity contribution in [2.75, 3.05) is 7.05 Å². The molecule has 3 atom stereocenters. The second kappa shape index (κ2) is 3.44. The zero-order valence-electron chi connectivity index (χ0n) is 8.99. The molecular formula is C11H19NOS. The Morgan fingerprint density at radius 3 is 2.71 bits per heavy atom. The molecule has 0 radical (unpaired) electrons. The number of amides is 1. The van der Waals surface area contributed by atoms with E-state index < -0.39 is 0 Å². The quantitative estimate of drug-likeness (QED) is 0.611. The van der Waals surface area contributed by atoms with Gasteiger partial charge in [0, 0.05) is 24.3 Å². The van der Waals surface area contributed by atoms with Gasteiger partial charge in [-0.25, -0.2) is 0 Å². The highest BCUT2D eigenvalue weighted by molar-refractivity contribution is 7.81. The summed E-state index contributed by atoms with van der Waals surface area (Å²) >= 11 is 4.58. The van der Waals surface area contributed by atoms with Gasteiger partial charge < -0.3 is 4.90 Å². The van der Waals surface area contributed by atoms with Crippen molar-refractivity contribution in [3.05, 3.63) is 0 Å². The van der Waals surface area contributed by atoms with E-state index in [2.05, 4.69) is 19.6 Å². The second-order valence-electron chi connectivity index (χ2n) is 4.96. The van der Waals surface area contributed by atoms with Crippen LogP contribution in [0.2, 0.25) is 0 Å². The summed E-state index contributed by atoms with van der Waals surface area (Å²) in [5.74, 6) is 0.968. The number of hydrogen-bond acceptors (Lipinski definition) is 2. The van der Waals surface area contributed by atoms with Gasteiger partial charge in [0.2, 0.25) is 5.91 Å². The highest BCUT2D eigenvalue weighted by Crippen LogP contribution is 2.44. The lowest BCUT2D eigenvalue weighted by Crippen LogP contribution is -2.48. The highest BCUT2D eigenvalue weighted by atomic mass is 32.1. The molecule has 80 valence electrons. The minimum atomic E-state index is 0.190. The molecular weight excluding hydrogens is 194 g/mol. The zero-order chi connectivity index (χ0) is 10.3. The number of thiol groups is 1. The molecule has 0 aromatic heterocycles. The van der Waals surface area contributed by atoms with Gasteiger partial charge in [0.15, 0.2) is 0 Å². The molecule has 1 spiro atoms. The summed E-state index contributed by atoms with van der Waals surface area (Å²) < 4.78 is 0. The van der Waals surface area contributed by atoms with Gasteiger partial charge in [-0.15, -0.1) is 0 Å². The van der Waals surface area contributed by atoms with Crippen LogP contribution in [0, 0.1) is 5.92 Å². The Kier molecular flexibility index (Phi) is 2.54. The topological polar surface area (TPSA) is 20.3 Å². The lowest BCUT2D eigenvalue weighted by Gasteiger charge is -2.44. The first kappa shape index (κ1) is 10.3. The smallest absolute Gasteiger partial charge is 0.222 e. The molecule has 1 heterocycles. The van der Waals surface area contributed by atoms with Crippen LogP contribution in [0.25, 0.3) is 0 Å². The van der Waals surface area contributed by atoms with Crippen LogP contribution >= 0.6 is 12.6 Å². The first-order valence-electron chi connectivity index (χ1n) is 5.50. The largest absolute Gasteiger partial charge is 0.340 e. The van der Waals surface area contributed by atoms with Gasteiger partial charge in [-0.05, 0) is 31.6 Å². The van der Waals surface area contributed by atoms with E-state index in [1.807, 2.05) is 11.9 Å². The molecule has 1 aliphatic heterocycles. The van der Waals surface area contributed by atoms with Gasteiger partial charge in [-0.1, -0.05) is 6.92 Å². The minimum absolute atomic E-state index is 0.190. The van der Waals surface area contributed by atoms with Gasteiger partial charge in [0.05, 0.1) is 0 Å². The Labute approximate surface area is 91.5 Å². The maximum atomic E-state index is 11.5. The van der Waals surface area contributed by atoms with Crippen LogP contribution in [0.15, 0.2) is 0 Å². The highest BCUT2D eigenvalue weighted by Gasteiger charge is 2.46. The molecule has 0 bridgehead atoms. The number of likely N-dealkylation sites (tertiary alicyclic amines) is 1. The molecule has 1 aliphatic carbocycles. The zero-order valence-corrected chi connectivity index (χ0v) is 9.89. The van der Waals surface area contributed by atoms with Crippen molar-refractivity contribution in [1.29, 1.82) is 0 Å². The third kappa shape index (κ3) is 1.46. The monoisotopic (exact) mass is 213 g/mol. The third-order valence-corrected chi connectivity index (χ3v) is 4.92. The van der Waals surface area contributed by atoms with Crippen molar-refractivity contribution < 1.29 is 4.79 Å². The molecule has 14 heavy (non-hydrogen) atoms. The first-order chi connectivity index (χ1) is 6.55. The van der Waals surface area contributed by atoms with E-state index in [1.165, 1.54) is 0 Å². The van der Waals surface area contributed by atoms with Crippen LogP contribution in [-0.2, 0) is 4.79 Å². The minimum Gasteiger partial charge on any atom is -0.340 e. The average Bonchev–Trinajstić information content (AvgIpc) is 2.42. The molecule has 2 fully saturated rings. The predicted molar refractivity (Wildman–Crippen MR) is 60.5 cm³/mol. The van der Waals surface area contributed by atoms with Crippen molar-refractivity contribution >= 4 is 18.5 Å². The molecule has 1 saturated carbocycles. The number of hydrogen-bond donors (Lipinski definition) is 1. The third-order valence-electron chi connectivity index (χ3n) is 4.15. The lowest BCUT2D eigenvalue weighted by molar-refractivity contribution is -0.130. The summed E-state index contributed by atoms with van der Waals surface area (Å²) in [4.78, 5) is 13.5. The summed E-state index contributed by atoms with van der Waals surface area (Å²) in [5.41, 5.74) is 0.190. The van der Waals surface area contributed by atoms with Crippen molar-refractivity contribution in [3.63, 3.8) is 0 Å². The van der Waals surface area contributed by atoms with E-state index in [0.717, 1.165) is 32.1 Å². The van der Waals surface area contributed by atoms with Crippen LogP contribution in [0.5, 0.6) is 0 Å². The van der Waals surface area contributed by atoms with Crippen LogP contribution in [0.3, 0.4) is 0 Å². The molecule has 2 nitrogen and oxygen atoms in total. The summed E-state index contributed by atoms with van der Waals surface area (Å²) in [5, 5.41) is 0.532. The van der Waals surface area contributed by atoms with Crippen LogP contribution in [0.4, 0.5) is 0 Å². The predicted octanol–water partition coefficient (Wildman–Crippen LogP) is 2.10. The SMILES string of the molecule is CC1CC2(CCC(=O)N2C)CCC1S. The molecule has 3 unspecified atom stereocenters. The normalized spacial score (nSPS) is 43.6. The fourth-order valence-electron chi connectivity index (χ4n) is 3.01. The van der Waals surface area contributed by atoms with E-state index in [9.17, 15) is 4.79 Å². The van der Waals surface area contributed by atoms with Crippen LogP contribution in [-0.4, -0.2) is 28.6 Å². The molecule has 2 rings (SSSR count). The van der Waals surface area contributed by atoms with Gasteiger partial charge in [-0.2, -0.15) is 12.6 Å². The van der Waals surface area contributed by atoms with Crippen LogP contribution in [0.1, 0.15) is 39.0 Å². The van der Waals surface area contributed by atoms with Crippen molar-refractivity contribution in [2.45, 2.75) is 49.8 Å². The fourth-order valence-corrected chi connectivity index (χ4v) is 3.24. The maximum Gasteiger partial charge on any atom is 0.222 e. The van der Waals surface area contributed by atoms with Gasteiger partial charge in [0.25, 0.3) is 0 Å². The van der Waals surface area contributed by atoms with Crippen LogP contribution < -0.4 is 0 Å². The van der Waals surface area contributed by atoms with Crippen molar-refractivity contribution in [1.82, 2.24) is 4.90 Å². The Bertz CT molecular complexity index is 256.